The van der Waals surface area contributed by atoms with Crippen LogP contribution in [0.1, 0.15) is 16.1 Å². The van der Waals surface area contributed by atoms with E-state index in [0.717, 1.165) is 5.56 Å². The molecule has 0 radical (unpaired) electrons. The number of carbonyl (C=O) groups is 1. The van der Waals surface area contributed by atoms with Crippen LogP contribution in [0.15, 0.2) is 43.1 Å². The molecule has 108 valence electrons. The molecule has 3 heterocycles. The third-order valence-corrected chi connectivity index (χ3v) is 2.93. The second-order valence-electron chi connectivity index (χ2n) is 4.63. The first-order chi connectivity index (χ1) is 10.2. The minimum Gasteiger partial charge on any atom is -0.346 e. The predicted molar refractivity (Wildman–Crippen MR) is 74.2 cm³/mol. The lowest BCUT2D eigenvalue weighted by Crippen LogP contribution is -2.23. The van der Waals surface area contributed by atoms with Crippen LogP contribution >= 0.6 is 0 Å². The highest BCUT2D eigenvalue weighted by Crippen LogP contribution is 1.99. The van der Waals surface area contributed by atoms with Gasteiger partial charge in [0.25, 0.3) is 5.91 Å². The Morgan fingerprint density at radius 2 is 2.19 bits per heavy atom. The zero-order chi connectivity index (χ0) is 14.7. The molecule has 8 nitrogen and oxygen atoms in total. The van der Waals surface area contributed by atoms with E-state index < -0.39 is 0 Å². The topological polar surface area (TPSA) is 82.6 Å². The normalized spacial score (nSPS) is 10.7. The number of amides is 1. The monoisotopic (exact) mass is 285 g/mol. The van der Waals surface area contributed by atoms with Crippen LogP contribution in [-0.2, 0) is 20.3 Å². The van der Waals surface area contributed by atoms with Crippen LogP contribution in [-0.4, -0.2) is 35.2 Å². The van der Waals surface area contributed by atoms with Crippen LogP contribution in [0.25, 0.3) is 0 Å². The summed E-state index contributed by atoms with van der Waals surface area (Å²) in [6.45, 7) is 0.904. The van der Waals surface area contributed by atoms with E-state index in [1.54, 1.807) is 38.7 Å². The van der Waals surface area contributed by atoms with Gasteiger partial charge in [0.15, 0.2) is 0 Å². The number of hydrogen-bond acceptors (Lipinski definition) is 4. The lowest BCUT2D eigenvalue weighted by molar-refractivity contribution is 0.0945. The second-order valence-corrected chi connectivity index (χ2v) is 4.63. The van der Waals surface area contributed by atoms with Gasteiger partial charge in [0, 0.05) is 43.9 Å². The smallest absolute Gasteiger partial charge is 0.272 e. The summed E-state index contributed by atoms with van der Waals surface area (Å²) in [5.41, 5.74) is 1.33. The molecule has 8 heteroatoms. The van der Waals surface area contributed by atoms with Gasteiger partial charge in [0.1, 0.15) is 12.4 Å². The number of nitrogens with one attached hydrogen (secondary N) is 1. The van der Waals surface area contributed by atoms with Crippen molar-refractivity contribution in [3.05, 3.63) is 54.4 Å². The van der Waals surface area contributed by atoms with Crippen molar-refractivity contribution in [1.82, 2.24) is 34.7 Å². The molecule has 0 aliphatic carbocycles. The lowest BCUT2D eigenvalue weighted by atomic mass is 10.3. The molecule has 21 heavy (non-hydrogen) atoms. The van der Waals surface area contributed by atoms with Crippen LogP contribution in [0.2, 0.25) is 0 Å². The van der Waals surface area contributed by atoms with Gasteiger partial charge in [-0.1, -0.05) is 0 Å². The molecule has 0 aliphatic heterocycles. The summed E-state index contributed by atoms with van der Waals surface area (Å²) in [6.07, 6.45) is 8.86. The SMILES string of the molecule is Cn1cc(CNC(=O)c2ccn(Cn3cccn3)n2)cn1. The van der Waals surface area contributed by atoms with Gasteiger partial charge in [-0.2, -0.15) is 15.3 Å². The summed E-state index contributed by atoms with van der Waals surface area (Å²) in [5.74, 6) is -0.210. The van der Waals surface area contributed by atoms with Crippen molar-refractivity contribution < 1.29 is 4.79 Å². The van der Waals surface area contributed by atoms with Crippen LogP contribution in [0.4, 0.5) is 0 Å². The quantitative estimate of drug-likeness (QED) is 0.728. The molecule has 0 aliphatic rings. The van der Waals surface area contributed by atoms with Gasteiger partial charge in [-0.15, -0.1) is 0 Å². The molecule has 1 amide bonds. The molecule has 1 N–H and O–H groups in total. The highest BCUT2D eigenvalue weighted by Gasteiger charge is 2.09. The molecule has 3 aromatic heterocycles. The fourth-order valence-electron chi connectivity index (χ4n) is 1.93. The Balaban J connectivity index is 1.58. The van der Waals surface area contributed by atoms with E-state index in [1.807, 2.05) is 25.5 Å². The van der Waals surface area contributed by atoms with E-state index in [1.165, 1.54) is 0 Å². The molecule has 3 rings (SSSR count). The van der Waals surface area contributed by atoms with E-state index in [2.05, 4.69) is 20.6 Å². The average Bonchev–Trinajstić information content (AvgIpc) is 3.19. The number of carbonyl (C=O) groups excluding carboxylic acids is 1. The maximum absolute atomic E-state index is 12.0. The first kappa shape index (κ1) is 13.1. The highest BCUT2D eigenvalue weighted by molar-refractivity contribution is 5.92. The molecule has 0 bridgehead atoms. The second kappa shape index (κ2) is 5.61. The first-order valence-electron chi connectivity index (χ1n) is 6.47. The van der Waals surface area contributed by atoms with Crippen molar-refractivity contribution in [2.45, 2.75) is 13.2 Å². The van der Waals surface area contributed by atoms with Crippen LogP contribution in [0, 0.1) is 0 Å². The minimum atomic E-state index is -0.210. The molecular formula is C13H15N7O. The third kappa shape index (κ3) is 3.16. The Labute approximate surface area is 121 Å². The van der Waals surface area contributed by atoms with Gasteiger partial charge in [-0.05, 0) is 12.1 Å². The van der Waals surface area contributed by atoms with Crippen LogP contribution < -0.4 is 5.32 Å². The van der Waals surface area contributed by atoms with Crippen molar-refractivity contribution in [3.8, 4) is 0 Å². The Morgan fingerprint density at radius 1 is 1.29 bits per heavy atom. The van der Waals surface area contributed by atoms with E-state index >= 15 is 0 Å². The van der Waals surface area contributed by atoms with Gasteiger partial charge in [-0.3, -0.25) is 18.8 Å². The number of aromatic nitrogens is 6. The largest absolute Gasteiger partial charge is 0.346 e. The zero-order valence-corrected chi connectivity index (χ0v) is 11.5. The van der Waals surface area contributed by atoms with Gasteiger partial charge >= 0.3 is 0 Å². The van der Waals surface area contributed by atoms with E-state index in [0.29, 0.717) is 18.9 Å². The molecule has 0 saturated carbocycles. The summed E-state index contributed by atoms with van der Waals surface area (Å²) in [5, 5.41) is 15.2. The number of hydrogen-bond donors (Lipinski definition) is 1. The summed E-state index contributed by atoms with van der Waals surface area (Å²) in [4.78, 5) is 12.0. The lowest BCUT2D eigenvalue weighted by Gasteiger charge is -2.02. The zero-order valence-electron chi connectivity index (χ0n) is 11.5. The van der Waals surface area contributed by atoms with E-state index in [4.69, 9.17) is 0 Å². The van der Waals surface area contributed by atoms with Gasteiger partial charge in [0.2, 0.25) is 0 Å². The number of aryl methyl sites for hydroxylation is 1. The molecule has 3 aromatic rings. The number of rotatable bonds is 5. The van der Waals surface area contributed by atoms with Crippen molar-refractivity contribution in [2.24, 2.45) is 7.05 Å². The summed E-state index contributed by atoms with van der Waals surface area (Å²) in [7, 11) is 1.84. The molecule has 0 unspecified atom stereocenters. The van der Waals surface area contributed by atoms with Crippen LogP contribution in [0.3, 0.4) is 0 Å². The predicted octanol–water partition coefficient (Wildman–Crippen LogP) is 0.249. The van der Waals surface area contributed by atoms with Crippen molar-refractivity contribution in [1.29, 1.82) is 0 Å². The third-order valence-electron chi connectivity index (χ3n) is 2.93. The number of nitrogens with zero attached hydrogens (tertiary/aromatic N) is 6. The molecular weight excluding hydrogens is 270 g/mol. The first-order valence-corrected chi connectivity index (χ1v) is 6.47. The van der Waals surface area contributed by atoms with E-state index in [-0.39, 0.29) is 5.91 Å². The Morgan fingerprint density at radius 3 is 2.90 bits per heavy atom. The standard InChI is InChI=1S/C13H15N7O/c1-18-9-11(8-16-18)7-14-13(21)12-3-6-20(17-12)10-19-5-2-4-15-19/h2-6,8-9H,7,10H2,1H3,(H,14,21). The maximum Gasteiger partial charge on any atom is 0.272 e. The van der Waals surface area contributed by atoms with Crippen molar-refractivity contribution in [3.63, 3.8) is 0 Å². The van der Waals surface area contributed by atoms with Gasteiger partial charge in [-0.25, -0.2) is 0 Å². The maximum atomic E-state index is 12.0. The summed E-state index contributed by atoms with van der Waals surface area (Å²) in [6, 6.07) is 3.52. The fourth-order valence-corrected chi connectivity index (χ4v) is 1.93. The molecule has 0 spiro atoms. The molecule has 0 saturated heterocycles. The van der Waals surface area contributed by atoms with Crippen molar-refractivity contribution in [2.75, 3.05) is 0 Å². The van der Waals surface area contributed by atoms with Crippen molar-refractivity contribution >= 4 is 5.91 Å². The summed E-state index contributed by atoms with van der Waals surface area (Å²) >= 11 is 0. The van der Waals surface area contributed by atoms with Gasteiger partial charge < -0.3 is 5.32 Å². The molecule has 0 aromatic carbocycles. The summed E-state index contributed by atoms with van der Waals surface area (Å²) < 4.78 is 5.08. The molecule has 0 fully saturated rings. The minimum absolute atomic E-state index is 0.210. The van der Waals surface area contributed by atoms with Gasteiger partial charge in [0.05, 0.1) is 6.20 Å². The Kier molecular flexibility index (Phi) is 3.50. The fraction of sp³-hybridized carbons (Fsp3) is 0.231. The van der Waals surface area contributed by atoms with E-state index in [9.17, 15) is 4.79 Å². The Bertz CT molecular complexity index is 725. The highest BCUT2D eigenvalue weighted by atomic mass is 16.1. The molecule has 0 atom stereocenters. The van der Waals surface area contributed by atoms with Crippen LogP contribution in [0.5, 0.6) is 0 Å². The Hall–Kier alpha value is -2.90. The average molecular weight is 285 g/mol.